The van der Waals surface area contributed by atoms with Gasteiger partial charge in [-0.1, -0.05) is 41.7 Å². The Hall–Kier alpha value is -0.750. The zero-order valence-corrected chi connectivity index (χ0v) is 13.6. The molecular weight excluding hydrogens is 364 g/mol. The van der Waals surface area contributed by atoms with Crippen LogP contribution in [0.2, 0.25) is 0 Å². The van der Waals surface area contributed by atoms with Crippen molar-refractivity contribution < 1.29 is 0 Å². The smallest absolute Gasteiger partial charge is 0.141 e. The van der Waals surface area contributed by atoms with Crippen molar-refractivity contribution in [3.05, 3.63) is 56.8 Å². The standard InChI is InChI=1S/C13H8BrClN2S2/c14-9-6-7-18-11(9)13-17-16-12(19-13)10(15)8-4-2-1-3-5-8/h1-7,10H. The number of nitrogens with zero attached hydrogens (tertiary/aromatic N) is 2. The first kappa shape index (κ1) is 13.2. The highest BCUT2D eigenvalue weighted by atomic mass is 79.9. The highest BCUT2D eigenvalue weighted by molar-refractivity contribution is 9.10. The molecule has 2 aromatic heterocycles. The Kier molecular flexibility index (Phi) is 3.98. The number of alkyl halides is 1. The fraction of sp³-hybridized carbons (Fsp3) is 0.0769. The van der Waals surface area contributed by atoms with Gasteiger partial charge in [0, 0.05) is 4.47 Å². The molecule has 1 atom stereocenters. The molecule has 0 saturated heterocycles. The molecular formula is C13H8BrClN2S2. The van der Waals surface area contributed by atoms with Crippen LogP contribution in [0.15, 0.2) is 46.3 Å². The Morgan fingerprint density at radius 3 is 2.58 bits per heavy atom. The van der Waals surface area contributed by atoms with E-state index in [9.17, 15) is 0 Å². The number of thiophene rings is 1. The van der Waals surface area contributed by atoms with Gasteiger partial charge in [0.25, 0.3) is 0 Å². The van der Waals surface area contributed by atoms with E-state index in [4.69, 9.17) is 11.6 Å². The molecule has 19 heavy (non-hydrogen) atoms. The SMILES string of the molecule is ClC(c1ccccc1)c1nnc(-c2sccc2Br)s1. The van der Waals surface area contributed by atoms with Gasteiger partial charge in [0.15, 0.2) is 5.01 Å². The normalized spacial score (nSPS) is 12.5. The Morgan fingerprint density at radius 2 is 1.89 bits per heavy atom. The van der Waals surface area contributed by atoms with E-state index in [1.807, 2.05) is 41.8 Å². The van der Waals surface area contributed by atoms with Crippen molar-refractivity contribution in [2.24, 2.45) is 0 Å². The largest absolute Gasteiger partial charge is 0.159 e. The van der Waals surface area contributed by atoms with Crippen molar-refractivity contribution in [2.75, 3.05) is 0 Å². The summed E-state index contributed by atoms with van der Waals surface area (Å²) in [5.74, 6) is 0. The average Bonchev–Trinajstić information content (AvgIpc) is 3.07. The van der Waals surface area contributed by atoms with Gasteiger partial charge in [-0.2, -0.15) is 0 Å². The Morgan fingerprint density at radius 1 is 1.11 bits per heavy atom. The van der Waals surface area contributed by atoms with Crippen LogP contribution in [0.1, 0.15) is 15.9 Å². The van der Waals surface area contributed by atoms with Gasteiger partial charge in [-0.25, -0.2) is 0 Å². The fourth-order valence-electron chi connectivity index (χ4n) is 1.64. The van der Waals surface area contributed by atoms with Crippen molar-refractivity contribution in [1.29, 1.82) is 0 Å². The third-order valence-electron chi connectivity index (χ3n) is 2.56. The van der Waals surface area contributed by atoms with Gasteiger partial charge in [-0.3, -0.25) is 0 Å². The zero-order valence-electron chi connectivity index (χ0n) is 9.59. The molecule has 0 aliphatic rings. The minimum absolute atomic E-state index is 0.244. The molecule has 0 amide bonds. The fourth-order valence-corrected chi connectivity index (χ4v) is 4.60. The van der Waals surface area contributed by atoms with Crippen LogP contribution in [0.4, 0.5) is 0 Å². The van der Waals surface area contributed by atoms with Crippen LogP contribution < -0.4 is 0 Å². The van der Waals surface area contributed by atoms with Crippen molar-refractivity contribution in [1.82, 2.24) is 10.2 Å². The molecule has 3 aromatic rings. The molecule has 0 N–H and O–H groups in total. The second kappa shape index (κ2) is 5.71. The van der Waals surface area contributed by atoms with Gasteiger partial charge < -0.3 is 0 Å². The van der Waals surface area contributed by atoms with Crippen molar-refractivity contribution in [3.8, 4) is 9.88 Å². The monoisotopic (exact) mass is 370 g/mol. The molecule has 0 spiro atoms. The van der Waals surface area contributed by atoms with E-state index in [2.05, 4.69) is 26.1 Å². The summed E-state index contributed by atoms with van der Waals surface area (Å²) >= 11 is 13.1. The summed E-state index contributed by atoms with van der Waals surface area (Å²) in [6.07, 6.45) is 0. The second-order valence-electron chi connectivity index (χ2n) is 3.82. The van der Waals surface area contributed by atoms with E-state index in [1.54, 1.807) is 11.3 Å². The third kappa shape index (κ3) is 2.74. The number of hydrogen-bond acceptors (Lipinski definition) is 4. The number of rotatable bonds is 3. The van der Waals surface area contributed by atoms with Crippen molar-refractivity contribution >= 4 is 50.2 Å². The van der Waals surface area contributed by atoms with Gasteiger partial charge in [-0.15, -0.1) is 33.1 Å². The summed E-state index contributed by atoms with van der Waals surface area (Å²) in [4.78, 5) is 1.10. The highest BCUT2D eigenvalue weighted by Crippen LogP contribution is 2.38. The molecule has 2 nitrogen and oxygen atoms in total. The van der Waals surface area contributed by atoms with Crippen LogP contribution in [0, 0.1) is 0 Å². The van der Waals surface area contributed by atoms with Gasteiger partial charge in [-0.05, 0) is 32.9 Å². The topological polar surface area (TPSA) is 25.8 Å². The van der Waals surface area contributed by atoms with E-state index in [1.165, 1.54) is 11.3 Å². The van der Waals surface area contributed by atoms with Gasteiger partial charge in [0.05, 0.1) is 4.88 Å². The predicted octanol–water partition coefficient (Wildman–Crippen LogP) is 5.36. The molecule has 0 bridgehead atoms. The maximum absolute atomic E-state index is 6.45. The van der Waals surface area contributed by atoms with Crippen molar-refractivity contribution in [2.45, 2.75) is 5.38 Å². The highest BCUT2D eigenvalue weighted by Gasteiger charge is 2.18. The second-order valence-corrected chi connectivity index (χ2v) is 7.03. The lowest BCUT2D eigenvalue weighted by molar-refractivity contribution is 0.989. The molecule has 6 heteroatoms. The minimum Gasteiger partial charge on any atom is -0.141 e. The number of hydrogen-bond donors (Lipinski definition) is 0. The third-order valence-corrected chi connectivity index (χ3v) is 6.13. The molecule has 0 saturated carbocycles. The first-order valence-corrected chi connectivity index (χ1v) is 8.44. The summed E-state index contributed by atoms with van der Waals surface area (Å²) in [5.41, 5.74) is 1.04. The van der Waals surface area contributed by atoms with Crippen LogP contribution in [0.3, 0.4) is 0 Å². The van der Waals surface area contributed by atoms with Gasteiger partial charge in [0.1, 0.15) is 10.4 Å². The van der Waals surface area contributed by atoms with E-state index in [-0.39, 0.29) is 5.38 Å². The maximum atomic E-state index is 6.45. The average molecular weight is 372 g/mol. The summed E-state index contributed by atoms with van der Waals surface area (Å²) < 4.78 is 1.05. The van der Waals surface area contributed by atoms with Crippen LogP contribution >= 0.6 is 50.2 Å². The van der Waals surface area contributed by atoms with Crippen LogP contribution in [0.5, 0.6) is 0 Å². The van der Waals surface area contributed by atoms with Crippen molar-refractivity contribution in [3.63, 3.8) is 0 Å². The molecule has 1 aromatic carbocycles. The molecule has 96 valence electrons. The molecule has 0 fully saturated rings. The molecule has 0 aliphatic carbocycles. The molecule has 0 radical (unpaired) electrons. The molecule has 2 heterocycles. The minimum atomic E-state index is -0.244. The summed E-state index contributed by atoms with van der Waals surface area (Å²) in [7, 11) is 0. The molecule has 0 aliphatic heterocycles. The van der Waals surface area contributed by atoms with E-state index < -0.39 is 0 Å². The maximum Gasteiger partial charge on any atom is 0.159 e. The number of benzene rings is 1. The number of halogens is 2. The lowest BCUT2D eigenvalue weighted by Crippen LogP contribution is -1.91. The number of aromatic nitrogens is 2. The van der Waals surface area contributed by atoms with E-state index >= 15 is 0 Å². The summed E-state index contributed by atoms with van der Waals surface area (Å²) in [5, 5.41) is 11.9. The van der Waals surface area contributed by atoms with Crippen LogP contribution in [0.25, 0.3) is 9.88 Å². The Labute approximate surface area is 132 Å². The first-order chi connectivity index (χ1) is 9.25. The Balaban J connectivity index is 1.92. The lowest BCUT2D eigenvalue weighted by Gasteiger charge is -2.04. The zero-order chi connectivity index (χ0) is 13.2. The first-order valence-electron chi connectivity index (χ1n) is 5.51. The molecule has 1 unspecified atom stereocenters. The Bertz CT molecular complexity index is 681. The predicted molar refractivity (Wildman–Crippen MR) is 85.1 cm³/mol. The quantitative estimate of drug-likeness (QED) is 0.579. The van der Waals surface area contributed by atoms with E-state index in [0.717, 1.165) is 24.9 Å². The summed E-state index contributed by atoms with van der Waals surface area (Å²) in [6, 6.07) is 11.9. The van der Waals surface area contributed by atoms with Gasteiger partial charge in [0.2, 0.25) is 0 Å². The van der Waals surface area contributed by atoms with Crippen LogP contribution in [-0.2, 0) is 0 Å². The van der Waals surface area contributed by atoms with Crippen LogP contribution in [-0.4, -0.2) is 10.2 Å². The molecule has 3 rings (SSSR count). The van der Waals surface area contributed by atoms with E-state index in [0.29, 0.717) is 0 Å². The lowest BCUT2D eigenvalue weighted by atomic mass is 10.1. The van der Waals surface area contributed by atoms with Gasteiger partial charge >= 0.3 is 0 Å². The summed E-state index contributed by atoms with van der Waals surface area (Å²) in [6.45, 7) is 0.